The SMILES string of the molecule is Cc1ccc(CC2(CO)CC2)c(O)c1. The van der Waals surface area contributed by atoms with Crippen molar-refractivity contribution in [1.82, 2.24) is 0 Å². The van der Waals surface area contributed by atoms with Crippen LogP contribution in [0, 0.1) is 12.3 Å². The molecule has 0 atom stereocenters. The molecule has 1 fully saturated rings. The number of aryl methyl sites for hydroxylation is 1. The minimum atomic E-state index is 0.0761. The van der Waals surface area contributed by atoms with Crippen molar-refractivity contribution in [1.29, 1.82) is 0 Å². The maximum absolute atomic E-state index is 9.70. The van der Waals surface area contributed by atoms with Crippen LogP contribution in [0.5, 0.6) is 5.75 Å². The molecule has 0 heterocycles. The van der Waals surface area contributed by atoms with Gasteiger partial charge in [0.1, 0.15) is 5.75 Å². The molecule has 1 aromatic rings. The van der Waals surface area contributed by atoms with Crippen LogP contribution in [-0.2, 0) is 6.42 Å². The van der Waals surface area contributed by atoms with Gasteiger partial charge in [0.2, 0.25) is 0 Å². The molecule has 1 saturated carbocycles. The third kappa shape index (κ3) is 1.75. The molecule has 14 heavy (non-hydrogen) atoms. The van der Waals surface area contributed by atoms with E-state index in [1.54, 1.807) is 6.07 Å². The second kappa shape index (κ2) is 3.28. The molecule has 0 radical (unpaired) electrons. The third-order valence-electron chi connectivity index (χ3n) is 3.10. The average Bonchev–Trinajstić information content (AvgIpc) is 2.91. The van der Waals surface area contributed by atoms with Crippen LogP contribution in [0.4, 0.5) is 0 Å². The van der Waals surface area contributed by atoms with E-state index in [2.05, 4.69) is 0 Å². The van der Waals surface area contributed by atoms with Gasteiger partial charge in [-0.2, -0.15) is 0 Å². The highest BCUT2D eigenvalue weighted by Crippen LogP contribution is 2.48. The molecule has 0 aromatic heterocycles. The van der Waals surface area contributed by atoms with Crippen molar-refractivity contribution in [2.24, 2.45) is 5.41 Å². The Labute approximate surface area is 84.2 Å². The molecule has 0 bridgehead atoms. The summed E-state index contributed by atoms with van der Waals surface area (Å²) >= 11 is 0. The minimum absolute atomic E-state index is 0.0761. The van der Waals surface area contributed by atoms with Gasteiger partial charge in [-0.25, -0.2) is 0 Å². The number of aromatic hydroxyl groups is 1. The van der Waals surface area contributed by atoms with Gasteiger partial charge in [0.05, 0.1) is 0 Å². The first-order valence-corrected chi connectivity index (χ1v) is 5.05. The lowest BCUT2D eigenvalue weighted by Gasteiger charge is -2.12. The molecule has 0 amide bonds. The number of rotatable bonds is 3. The van der Waals surface area contributed by atoms with Crippen molar-refractivity contribution in [3.05, 3.63) is 29.3 Å². The summed E-state index contributed by atoms with van der Waals surface area (Å²) in [7, 11) is 0. The quantitative estimate of drug-likeness (QED) is 0.769. The Bertz CT molecular complexity index is 340. The predicted octanol–water partition coefficient (Wildman–Crippen LogP) is 2.02. The summed E-state index contributed by atoms with van der Waals surface area (Å²) in [5.41, 5.74) is 2.11. The molecule has 0 saturated heterocycles. The van der Waals surface area contributed by atoms with Gasteiger partial charge in [0.25, 0.3) is 0 Å². The Balaban J connectivity index is 2.17. The lowest BCUT2D eigenvalue weighted by Crippen LogP contribution is -2.10. The molecule has 2 N–H and O–H groups in total. The first-order valence-electron chi connectivity index (χ1n) is 5.05. The number of hydrogen-bond acceptors (Lipinski definition) is 2. The summed E-state index contributed by atoms with van der Waals surface area (Å²) in [6.45, 7) is 2.20. The second-order valence-corrected chi connectivity index (χ2v) is 4.47. The molecule has 1 aromatic carbocycles. The van der Waals surface area contributed by atoms with Crippen molar-refractivity contribution < 1.29 is 10.2 Å². The first-order chi connectivity index (χ1) is 6.65. The van der Waals surface area contributed by atoms with Crippen molar-refractivity contribution in [3.63, 3.8) is 0 Å². The van der Waals surface area contributed by atoms with E-state index >= 15 is 0 Å². The smallest absolute Gasteiger partial charge is 0.119 e. The van der Waals surface area contributed by atoms with E-state index in [4.69, 9.17) is 0 Å². The Morgan fingerprint density at radius 3 is 2.57 bits per heavy atom. The van der Waals surface area contributed by atoms with Gasteiger partial charge < -0.3 is 10.2 Å². The summed E-state index contributed by atoms with van der Waals surface area (Å²) in [5.74, 6) is 0.365. The molecule has 1 aliphatic rings. The number of hydrogen-bond donors (Lipinski definition) is 2. The fourth-order valence-corrected chi connectivity index (χ4v) is 1.79. The lowest BCUT2D eigenvalue weighted by molar-refractivity contribution is 0.210. The minimum Gasteiger partial charge on any atom is -0.508 e. The normalized spacial score (nSPS) is 18.1. The Hall–Kier alpha value is -1.02. The van der Waals surface area contributed by atoms with E-state index in [1.807, 2.05) is 19.1 Å². The molecule has 0 aliphatic heterocycles. The van der Waals surface area contributed by atoms with Crippen molar-refractivity contribution in [3.8, 4) is 5.75 Å². The monoisotopic (exact) mass is 192 g/mol. The summed E-state index contributed by atoms with van der Waals surface area (Å²) in [5, 5.41) is 18.9. The number of aliphatic hydroxyl groups excluding tert-OH is 1. The Kier molecular flexibility index (Phi) is 2.23. The maximum atomic E-state index is 9.70. The van der Waals surface area contributed by atoms with Gasteiger partial charge in [-0.05, 0) is 48.8 Å². The van der Waals surface area contributed by atoms with Crippen molar-refractivity contribution in [2.75, 3.05) is 6.61 Å². The standard InChI is InChI=1S/C12H16O2/c1-9-2-3-10(11(14)6-9)7-12(8-13)4-5-12/h2-3,6,13-14H,4-5,7-8H2,1H3. The Morgan fingerprint density at radius 1 is 1.36 bits per heavy atom. The van der Waals surface area contributed by atoms with Crippen LogP contribution in [0.15, 0.2) is 18.2 Å². The summed E-state index contributed by atoms with van der Waals surface area (Å²) < 4.78 is 0. The molecule has 2 nitrogen and oxygen atoms in total. The molecule has 1 aliphatic carbocycles. The highest BCUT2D eigenvalue weighted by Gasteiger charge is 2.42. The fourth-order valence-electron chi connectivity index (χ4n) is 1.79. The van der Waals surface area contributed by atoms with Gasteiger partial charge in [0.15, 0.2) is 0 Å². The van der Waals surface area contributed by atoms with E-state index in [0.29, 0.717) is 5.75 Å². The van der Waals surface area contributed by atoms with E-state index in [1.165, 1.54) is 0 Å². The molecular formula is C12H16O2. The largest absolute Gasteiger partial charge is 0.508 e. The zero-order valence-electron chi connectivity index (χ0n) is 8.45. The Morgan fingerprint density at radius 2 is 2.07 bits per heavy atom. The van der Waals surface area contributed by atoms with Gasteiger partial charge in [-0.3, -0.25) is 0 Å². The molecule has 76 valence electrons. The summed E-state index contributed by atoms with van der Waals surface area (Å²) in [4.78, 5) is 0. The summed E-state index contributed by atoms with van der Waals surface area (Å²) in [6, 6.07) is 5.74. The lowest BCUT2D eigenvalue weighted by atomic mass is 9.96. The van der Waals surface area contributed by atoms with E-state index in [-0.39, 0.29) is 12.0 Å². The zero-order valence-corrected chi connectivity index (χ0v) is 8.45. The van der Waals surface area contributed by atoms with Crippen LogP contribution in [0.25, 0.3) is 0 Å². The van der Waals surface area contributed by atoms with E-state index in [0.717, 1.165) is 30.4 Å². The van der Waals surface area contributed by atoms with E-state index < -0.39 is 0 Å². The maximum Gasteiger partial charge on any atom is 0.119 e. The first kappa shape index (κ1) is 9.53. The predicted molar refractivity (Wildman–Crippen MR) is 55.3 cm³/mol. The average molecular weight is 192 g/mol. The van der Waals surface area contributed by atoms with Gasteiger partial charge in [-0.15, -0.1) is 0 Å². The molecular weight excluding hydrogens is 176 g/mol. The number of phenolic OH excluding ortho intramolecular Hbond substituents is 1. The van der Waals surface area contributed by atoms with Crippen LogP contribution < -0.4 is 0 Å². The topological polar surface area (TPSA) is 40.5 Å². The third-order valence-corrected chi connectivity index (χ3v) is 3.10. The number of benzene rings is 1. The van der Waals surface area contributed by atoms with Crippen molar-refractivity contribution >= 4 is 0 Å². The van der Waals surface area contributed by atoms with Crippen LogP contribution in [-0.4, -0.2) is 16.8 Å². The fraction of sp³-hybridized carbons (Fsp3) is 0.500. The molecule has 0 unspecified atom stereocenters. The number of phenols is 1. The number of aliphatic hydroxyl groups is 1. The van der Waals surface area contributed by atoms with Crippen LogP contribution in [0.3, 0.4) is 0 Å². The highest BCUT2D eigenvalue weighted by atomic mass is 16.3. The van der Waals surface area contributed by atoms with Crippen LogP contribution in [0.2, 0.25) is 0 Å². The highest BCUT2D eigenvalue weighted by molar-refractivity contribution is 5.37. The molecule has 0 spiro atoms. The van der Waals surface area contributed by atoms with Crippen LogP contribution in [0.1, 0.15) is 24.0 Å². The zero-order chi connectivity index (χ0) is 10.2. The summed E-state index contributed by atoms with van der Waals surface area (Å²) in [6.07, 6.45) is 2.96. The van der Waals surface area contributed by atoms with Gasteiger partial charge >= 0.3 is 0 Å². The van der Waals surface area contributed by atoms with Gasteiger partial charge in [0, 0.05) is 6.61 Å². The van der Waals surface area contributed by atoms with E-state index in [9.17, 15) is 10.2 Å². The molecule has 2 rings (SSSR count). The second-order valence-electron chi connectivity index (χ2n) is 4.47. The van der Waals surface area contributed by atoms with Crippen molar-refractivity contribution in [2.45, 2.75) is 26.2 Å². The molecule has 2 heteroatoms. The van der Waals surface area contributed by atoms with Crippen LogP contribution >= 0.6 is 0 Å². The van der Waals surface area contributed by atoms with Gasteiger partial charge in [-0.1, -0.05) is 12.1 Å².